The summed E-state index contributed by atoms with van der Waals surface area (Å²) in [5.74, 6) is 0.0261. The Morgan fingerprint density at radius 2 is 2.23 bits per heavy atom. The van der Waals surface area contributed by atoms with Gasteiger partial charge in [0.25, 0.3) is 0 Å². The molecule has 0 aliphatic carbocycles. The van der Waals surface area contributed by atoms with E-state index in [2.05, 4.69) is 9.97 Å². The molecule has 1 atom stereocenters. The van der Waals surface area contributed by atoms with E-state index in [1.165, 1.54) is 6.92 Å². The Morgan fingerprint density at radius 1 is 1.54 bits per heavy atom. The smallest absolute Gasteiger partial charge is 0.219 e. The lowest BCUT2D eigenvalue weighted by molar-refractivity contribution is -0.129. The number of rotatable bonds is 2. The van der Waals surface area contributed by atoms with Crippen molar-refractivity contribution >= 4 is 5.91 Å². The van der Waals surface area contributed by atoms with Crippen LogP contribution in [0.3, 0.4) is 0 Å². The molecule has 4 nitrogen and oxygen atoms in total. The molecule has 1 heterocycles. The first kappa shape index (κ1) is 9.64. The largest absolute Gasteiger partial charge is 0.338 e. The van der Waals surface area contributed by atoms with Gasteiger partial charge in [-0.15, -0.1) is 0 Å². The quantitative estimate of drug-likeness (QED) is 0.680. The van der Waals surface area contributed by atoms with Crippen LogP contribution in [-0.4, -0.2) is 27.8 Å². The zero-order chi connectivity index (χ0) is 9.84. The Balaban J connectivity index is 2.79. The predicted octanol–water partition coefficient (Wildman–Crippen LogP) is 1.02. The summed E-state index contributed by atoms with van der Waals surface area (Å²) in [6, 6.07) is -0.0220. The molecule has 0 bridgehead atoms. The van der Waals surface area contributed by atoms with Gasteiger partial charge in [0.1, 0.15) is 0 Å². The number of amides is 1. The summed E-state index contributed by atoms with van der Waals surface area (Å²) >= 11 is 0. The van der Waals surface area contributed by atoms with Gasteiger partial charge in [0.2, 0.25) is 5.91 Å². The van der Waals surface area contributed by atoms with E-state index in [0.717, 1.165) is 5.69 Å². The fourth-order valence-corrected chi connectivity index (χ4v) is 0.997. The van der Waals surface area contributed by atoms with Crippen molar-refractivity contribution in [3.05, 3.63) is 24.3 Å². The van der Waals surface area contributed by atoms with Gasteiger partial charge in [0.05, 0.1) is 17.9 Å². The monoisotopic (exact) mass is 179 g/mol. The van der Waals surface area contributed by atoms with Crippen LogP contribution in [0.5, 0.6) is 0 Å². The van der Waals surface area contributed by atoms with E-state index >= 15 is 0 Å². The van der Waals surface area contributed by atoms with Gasteiger partial charge >= 0.3 is 0 Å². The van der Waals surface area contributed by atoms with Crippen LogP contribution < -0.4 is 0 Å². The number of carbonyl (C=O) groups is 1. The van der Waals surface area contributed by atoms with Crippen molar-refractivity contribution in [1.82, 2.24) is 14.9 Å². The normalized spacial score (nSPS) is 12.2. The highest BCUT2D eigenvalue weighted by Gasteiger charge is 2.14. The van der Waals surface area contributed by atoms with Crippen LogP contribution in [0.25, 0.3) is 0 Å². The van der Waals surface area contributed by atoms with Crippen molar-refractivity contribution in [1.29, 1.82) is 0 Å². The summed E-state index contributed by atoms with van der Waals surface area (Å²) in [6.45, 7) is 3.46. The highest BCUT2D eigenvalue weighted by Crippen LogP contribution is 2.14. The number of hydrogen-bond donors (Lipinski definition) is 0. The second kappa shape index (κ2) is 3.98. The minimum Gasteiger partial charge on any atom is -0.338 e. The van der Waals surface area contributed by atoms with Gasteiger partial charge in [-0.3, -0.25) is 14.8 Å². The van der Waals surface area contributed by atoms with E-state index in [1.54, 1.807) is 30.5 Å². The second-order valence-electron chi connectivity index (χ2n) is 2.94. The standard InChI is InChI=1S/C9H13N3O/c1-7(12(3)8(2)13)9-6-10-4-5-11-9/h4-7H,1-3H3. The van der Waals surface area contributed by atoms with Crippen LogP contribution in [0, 0.1) is 0 Å². The molecule has 0 aromatic carbocycles. The van der Waals surface area contributed by atoms with Crippen LogP contribution in [0.15, 0.2) is 18.6 Å². The zero-order valence-corrected chi connectivity index (χ0v) is 8.06. The number of aromatic nitrogens is 2. The predicted molar refractivity (Wildman–Crippen MR) is 48.9 cm³/mol. The number of hydrogen-bond acceptors (Lipinski definition) is 3. The molecule has 1 rings (SSSR count). The Bertz CT molecular complexity index is 286. The van der Waals surface area contributed by atoms with Crippen molar-refractivity contribution in [3.8, 4) is 0 Å². The molecule has 1 aromatic rings. The van der Waals surface area contributed by atoms with Crippen LogP contribution in [0.1, 0.15) is 25.6 Å². The maximum atomic E-state index is 11.0. The van der Waals surface area contributed by atoms with E-state index in [9.17, 15) is 4.79 Å². The molecule has 0 fully saturated rings. The molecule has 0 aliphatic rings. The third-order valence-electron chi connectivity index (χ3n) is 2.09. The van der Waals surface area contributed by atoms with Crippen molar-refractivity contribution in [2.24, 2.45) is 0 Å². The van der Waals surface area contributed by atoms with Gasteiger partial charge in [0, 0.05) is 26.4 Å². The first-order valence-corrected chi connectivity index (χ1v) is 4.12. The lowest BCUT2D eigenvalue weighted by Gasteiger charge is -2.22. The Morgan fingerprint density at radius 3 is 2.69 bits per heavy atom. The van der Waals surface area contributed by atoms with E-state index in [1.807, 2.05) is 6.92 Å². The highest BCUT2D eigenvalue weighted by molar-refractivity contribution is 5.73. The summed E-state index contributed by atoms with van der Waals surface area (Å²) in [4.78, 5) is 20.7. The topological polar surface area (TPSA) is 46.1 Å². The first-order valence-electron chi connectivity index (χ1n) is 4.12. The fraction of sp³-hybridized carbons (Fsp3) is 0.444. The molecular formula is C9H13N3O. The third-order valence-corrected chi connectivity index (χ3v) is 2.09. The molecule has 0 radical (unpaired) electrons. The van der Waals surface area contributed by atoms with Crippen molar-refractivity contribution in [2.75, 3.05) is 7.05 Å². The second-order valence-corrected chi connectivity index (χ2v) is 2.94. The minimum atomic E-state index is -0.0220. The molecule has 1 unspecified atom stereocenters. The van der Waals surface area contributed by atoms with Crippen LogP contribution in [0.4, 0.5) is 0 Å². The third kappa shape index (κ3) is 2.24. The molecule has 0 N–H and O–H groups in total. The molecule has 4 heteroatoms. The maximum absolute atomic E-state index is 11.0. The Labute approximate surface area is 77.6 Å². The van der Waals surface area contributed by atoms with Gasteiger partial charge in [-0.05, 0) is 6.92 Å². The molecule has 1 amide bonds. The summed E-state index contributed by atoms with van der Waals surface area (Å²) in [7, 11) is 1.75. The Kier molecular flexibility index (Phi) is 2.95. The fourth-order valence-electron chi connectivity index (χ4n) is 0.997. The molecule has 0 saturated carbocycles. The summed E-state index contributed by atoms with van der Waals surface area (Å²) in [6.07, 6.45) is 4.91. The van der Waals surface area contributed by atoms with E-state index < -0.39 is 0 Å². The lowest BCUT2D eigenvalue weighted by Crippen LogP contribution is -2.27. The molecule has 1 aromatic heterocycles. The number of nitrogens with zero attached hydrogens (tertiary/aromatic N) is 3. The average molecular weight is 179 g/mol. The van der Waals surface area contributed by atoms with Gasteiger partial charge in [-0.2, -0.15) is 0 Å². The van der Waals surface area contributed by atoms with Crippen LogP contribution in [-0.2, 0) is 4.79 Å². The van der Waals surface area contributed by atoms with E-state index in [4.69, 9.17) is 0 Å². The van der Waals surface area contributed by atoms with Gasteiger partial charge in [-0.1, -0.05) is 0 Å². The van der Waals surface area contributed by atoms with E-state index in [0.29, 0.717) is 0 Å². The Hall–Kier alpha value is -1.45. The maximum Gasteiger partial charge on any atom is 0.219 e. The number of carbonyl (C=O) groups excluding carboxylic acids is 1. The molecule has 13 heavy (non-hydrogen) atoms. The summed E-state index contributed by atoms with van der Waals surface area (Å²) in [5.41, 5.74) is 0.806. The van der Waals surface area contributed by atoms with Gasteiger partial charge in [-0.25, -0.2) is 0 Å². The first-order chi connectivity index (χ1) is 6.13. The summed E-state index contributed by atoms with van der Waals surface area (Å²) in [5, 5.41) is 0. The van der Waals surface area contributed by atoms with Crippen molar-refractivity contribution < 1.29 is 4.79 Å². The van der Waals surface area contributed by atoms with Gasteiger partial charge in [0.15, 0.2) is 0 Å². The minimum absolute atomic E-state index is 0.0220. The SMILES string of the molecule is CC(=O)N(C)C(C)c1cnccn1. The lowest BCUT2D eigenvalue weighted by atomic mass is 10.2. The molecule has 70 valence electrons. The molecule has 0 saturated heterocycles. The highest BCUT2D eigenvalue weighted by atomic mass is 16.2. The van der Waals surface area contributed by atoms with Crippen molar-refractivity contribution in [2.45, 2.75) is 19.9 Å². The van der Waals surface area contributed by atoms with E-state index in [-0.39, 0.29) is 11.9 Å². The summed E-state index contributed by atoms with van der Waals surface area (Å²) < 4.78 is 0. The molecule has 0 aliphatic heterocycles. The van der Waals surface area contributed by atoms with Crippen LogP contribution >= 0.6 is 0 Å². The molecular weight excluding hydrogens is 166 g/mol. The zero-order valence-electron chi connectivity index (χ0n) is 8.06. The van der Waals surface area contributed by atoms with Gasteiger partial charge < -0.3 is 4.90 Å². The average Bonchev–Trinajstić information content (AvgIpc) is 2.17. The van der Waals surface area contributed by atoms with Crippen LogP contribution in [0.2, 0.25) is 0 Å². The molecule has 0 spiro atoms. The van der Waals surface area contributed by atoms with Crippen molar-refractivity contribution in [3.63, 3.8) is 0 Å².